The first-order chi connectivity index (χ1) is 25.7. The normalized spacial score (nSPS) is 29.0. The van der Waals surface area contributed by atoms with Crippen molar-refractivity contribution in [2.75, 3.05) is 19.8 Å². The first-order valence-corrected chi connectivity index (χ1v) is 21.4. The van der Waals surface area contributed by atoms with E-state index in [0.29, 0.717) is 43.1 Å². The lowest BCUT2D eigenvalue weighted by atomic mass is 9.85. The maximum absolute atomic E-state index is 14.6. The van der Waals surface area contributed by atoms with Gasteiger partial charge in [0.05, 0.1) is 49.6 Å². The molecule has 3 fully saturated rings. The Morgan fingerprint density at radius 1 is 1.05 bits per heavy atom. The number of ketones is 1. The van der Waals surface area contributed by atoms with Crippen LogP contribution >= 0.6 is 11.6 Å². The van der Waals surface area contributed by atoms with E-state index in [1.54, 1.807) is 32.9 Å². The number of alkyl carbamates (subject to hydrolysis) is 1. The maximum Gasteiger partial charge on any atom is 0.410 e. The van der Waals surface area contributed by atoms with Crippen LogP contribution in [0.15, 0.2) is 12.1 Å². The minimum absolute atomic E-state index is 0.0451. The molecular formula is C39H55ClN4O10S. The zero-order chi connectivity index (χ0) is 40.1. The van der Waals surface area contributed by atoms with Gasteiger partial charge in [0.2, 0.25) is 21.8 Å². The Labute approximate surface area is 328 Å². The number of Topliss-reactive ketones (excluding diaryl/α,β-unsaturated/α-hetero) is 1. The number of carbonyl (C=O) groups excluding carboxylic acids is 5. The van der Waals surface area contributed by atoms with Crippen molar-refractivity contribution < 1.29 is 46.6 Å². The molecule has 4 amide bonds. The van der Waals surface area contributed by atoms with E-state index >= 15 is 0 Å². The number of amides is 4. The molecule has 1 saturated heterocycles. The molecule has 2 aliphatic carbocycles. The van der Waals surface area contributed by atoms with Crippen molar-refractivity contribution in [3.8, 4) is 5.75 Å². The fourth-order valence-electron chi connectivity index (χ4n) is 8.14. The van der Waals surface area contributed by atoms with Crippen LogP contribution in [0.25, 0.3) is 0 Å². The highest BCUT2D eigenvalue weighted by Gasteiger charge is 2.62. The monoisotopic (exact) mass is 806 g/mol. The van der Waals surface area contributed by atoms with Crippen molar-refractivity contribution in [2.24, 2.45) is 22.2 Å². The van der Waals surface area contributed by atoms with Gasteiger partial charge >= 0.3 is 12.2 Å². The Bertz CT molecular complexity index is 1830. The minimum atomic E-state index is -3.86. The molecule has 0 radical (unpaired) electrons. The van der Waals surface area contributed by atoms with Crippen LogP contribution in [0.1, 0.15) is 110 Å². The zero-order valence-electron chi connectivity index (χ0n) is 32.7. The molecule has 2 saturated carbocycles. The largest absolute Gasteiger partial charge is 0.493 e. The smallest absolute Gasteiger partial charge is 0.410 e. The standard InChI is InChI=1S/C39H55ClN4O10S/c1-7-23-17-39(23,34(47)42-55(50,51)25-10-11-25)18-30(45)29-16-24-19-44(29)33(46)32(37(2,3)4)41-35(48)53-22-38(5,6)14-8-9-15-52-31-13-12-28(40)26-20-43(21-27(26)31)36(49)54-24/h12-13,23-25,29,32H,7-11,14-22H2,1-6H3,(H,41,48)(H,42,47)/t23-,24+,29?,32+,39-/m0/s1. The predicted molar refractivity (Wildman–Crippen MR) is 202 cm³/mol. The average Bonchev–Trinajstić information content (AvgIpc) is 3.99. The van der Waals surface area contributed by atoms with Crippen LogP contribution in [-0.2, 0) is 47.0 Å². The number of hydrogen-bond acceptors (Lipinski definition) is 10. The molecule has 4 bridgehead atoms. The molecule has 1 aromatic rings. The number of nitrogens with zero attached hydrogens (tertiary/aromatic N) is 2. The highest BCUT2D eigenvalue weighted by Crippen LogP contribution is 2.58. The third-order valence-corrected chi connectivity index (χ3v) is 14.0. The Hall–Kier alpha value is -3.59. The van der Waals surface area contributed by atoms with E-state index in [1.165, 1.54) is 9.80 Å². The zero-order valence-corrected chi connectivity index (χ0v) is 34.3. The summed E-state index contributed by atoms with van der Waals surface area (Å²) in [6.45, 7) is 12.0. The molecular weight excluding hydrogens is 752 g/mol. The molecule has 2 N–H and O–H groups in total. The number of fused-ring (bicyclic) bond motifs is 3. The topological polar surface area (TPSA) is 178 Å². The highest BCUT2D eigenvalue weighted by atomic mass is 35.5. The lowest BCUT2D eigenvalue weighted by Crippen LogP contribution is -2.57. The van der Waals surface area contributed by atoms with Gasteiger partial charge < -0.3 is 24.4 Å². The number of nitrogens with one attached hydrogen (secondary N) is 2. The van der Waals surface area contributed by atoms with Crippen molar-refractivity contribution in [1.29, 1.82) is 0 Å². The lowest BCUT2D eigenvalue weighted by Gasteiger charge is -2.35. The molecule has 5 atom stereocenters. The summed E-state index contributed by atoms with van der Waals surface area (Å²) in [6, 6.07) is 1.30. The number of rotatable bonds is 7. The molecule has 3 aliphatic heterocycles. The summed E-state index contributed by atoms with van der Waals surface area (Å²) in [5, 5.41) is 2.64. The van der Waals surface area contributed by atoms with Crippen LogP contribution in [0.2, 0.25) is 5.02 Å². The molecule has 1 aromatic carbocycles. The molecule has 5 aliphatic rings. The Balaban J connectivity index is 1.28. The van der Waals surface area contributed by atoms with E-state index in [2.05, 4.69) is 10.0 Å². The van der Waals surface area contributed by atoms with Gasteiger partial charge in [-0.25, -0.2) is 18.0 Å². The number of carbonyl (C=O) groups is 5. The van der Waals surface area contributed by atoms with E-state index in [4.69, 9.17) is 25.8 Å². The number of ether oxygens (including phenoxy) is 3. The van der Waals surface area contributed by atoms with Crippen LogP contribution in [0, 0.1) is 22.2 Å². The van der Waals surface area contributed by atoms with Gasteiger partial charge in [-0.2, -0.15) is 0 Å². The van der Waals surface area contributed by atoms with Crippen molar-refractivity contribution in [2.45, 2.75) is 136 Å². The maximum atomic E-state index is 14.6. The molecule has 6 rings (SSSR count). The van der Waals surface area contributed by atoms with Gasteiger partial charge in [0.1, 0.15) is 17.9 Å². The molecule has 0 aromatic heterocycles. The van der Waals surface area contributed by atoms with Gasteiger partial charge in [-0.05, 0) is 73.0 Å². The second kappa shape index (κ2) is 15.4. The number of benzene rings is 1. The quantitative estimate of drug-likeness (QED) is 0.359. The summed E-state index contributed by atoms with van der Waals surface area (Å²) in [5.74, 6) is -1.30. The van der Waals surface area contributed by atoms with Gasteiger partial charge in [0.15, 0.2) is 5.78 Å². The second-order valence-corrected chi connectivity index (χ2v) is 20.2. The summed E-state index contributed by atoms with van der Waals surface area (Å²) in [5.41, 5.74) is -0.878. The van der Waals surface area contributed by atoms with E-state index < -0.39 is 74.1 Å². The van der Waals surface area contributed by atoms with Crippen LogP contribution in [0.4, 0.5) is 9.59 Å². The number of cyclic esters (lactones) is 1. The summed E-state index contributed by atoms with van der Waals surface area (Å²) in [4.78, 5) is 72.4. The van der Waals surface area contributed by atoms with E-state index in [1.807, 2.05) is 20.8 Å². The fraction of sp³-hybridized carbons (Fsp3) is 0.718. The van der Waals surface area contributed by atoms with E-state index in [-0.39, 0.29) is 50.4 Å². The van der Waals surface area contributed by atoms with Gasteiger partial charge in [-0.15, -0.1) is 0 Å². The lowest BCUT2D eigenvalue weighted by molar-refractivity contribution is -0.142. The third-order valence-electron chi connectivity index (χ3n) is 11.8. The minimum Gasteiger partial charge on any atom is -0.493 e. The number of sulfonamides is 1. The van der Waals surface area contributed by atoms with Crippen LogP contribution in [-0.4, -0.2) is 91.2 Å². The van der Waals surface area contributed by atoms with Crippen LogP contribution in [0.3, 0.4) is 0 Å². The molecule has 304 valence electrons. The van der Waals surface area contributed by atoms with E-state index in [9.17, 15) is 32.4 Å². The average molecular weight is 807 g/mol. The summed E-state index contributed by atoms with van der Waals surface area (Å²) in [7, 11) is -3.86. The highest BCUT2D eigenvalue weighted by molar-refractivity contribution is 7.90. The summed E-state index contributed by atoms with van der Waals surface area (Å²) >= 11 is 6.57. The van der Waals surface area contributed by atoms with E-state index in [0.717, 1.165) is 30.4 Å². The van der Waals surface area contributed by atoms with Gasteiger partial charge in [-0.3, -0.25) is 24.0 Å². The van der Waals surface area contributed by atoms with Crippen LogP contribution < -0.4 is 14.8 Å². The SMILES string of the molecule is CC[C@H]1C[C@@]1(CC(=O)C1C[C@@H]2CN1C(=O)[C@H](C(C)(C)C)NC(=O)OCC(C)(C)CCCCOc1ccc(Cl)c3c1CN(C3)C(=O)O2)C(=O)NS(=O)(=O)C1CC1. The van der Waals surface area contributed by atoms with Crippen molar-refractivity contribution >= 4 is 51.4 Å². The summed E-state index contributed by atoms with van der Waals surface area (Å²) in [6.07, 6.45) is 1.48. The molecule has 0 spiro atoms. The molecule has 55 heavy (non-hydrogen) atoms. The second-order valence-electron chi connectivity index (χ2n) is 17.9. The number of hydrogen-bond donors (Lipinski definition) is 2. The molecule has 1 unspecified atom stereocenters. The first-order valence-electron chi connectivity index (χ1n) is 19.5. The van der Waals surface area contributed by atoms with Gasteiger partial charge in [0.25, 0.3) is 0 Å². The molecule has 3 heterocycles. The fourth-order valence-corrected chi connectivity index (χ4v) is 9.77. The van der Waals surface area contributed by atoms with Gasteiger partial charge in [0, 0.05) is 23.4 Å². The van der Waals surface area contributed by atoms with Gasteiger partial charge in [-0.1, -0.05) is 59.6 Å². The Morgan fingerprint density at radius 2 is 1.76 bits per heavy atom. The van der Waals surface area contributed by atoms with Crippen LogP contribution in [0.5, 0.6) is 5.75 Å². The number of halogens is 1. The predicted octanol–water partition coefficient (Wildman–Crippen LogP) is 5.48. The van der Waals surface area contributed by atoms with Crippen molar-refractivity contribution in [1.82, 2.24) is 19.8 Å². The molecule has 14 nitrogen and oxygen atoms in total. The Morgan fingerprint density at radius 3 is 2.42 bits per heavy atom. The van der Waals surface area contributed by atoms with Crippen molar-refractivity contribution in [3.05, 3.63) is 28.3 Å². The summed E-state index contributed by atoms with van der Waals surface area (Å²) < 4.78 is 45.6. The van der Waals surface area contributed by atoms with Crippen molar-refractivity contribution in [3.63, 3.8) is 0 Å². The Kier molecular flexibility index (Phi) is 11.5. The molecule has 16 heteroatoms. The third kappa shape index (κ3) is 9.03. The first kappa shape index (κ1) is 41.1.